The van der Waals surface area contributed by atoms with Crippen molar-refractivity contribution in [3.8, 4) is 6.07 Å². The van der Waals surface area contributed by atoms with E-state index in [2.05, 4.69) is 18.3 Å². The molecule has 1 aliphatic heterocycles. The second-order valence-corrected chi connectivity index (χ2v) is 5.33. The van der Waals surface area contributed by atoms with Gasteiger partial charge in [-0.1, -0.05) is 39.0 Å². The topological polar surface area (TPSA) is 62.1 Å². The van der Waals surface area contributed by atoms with Crippen LogP contribution < -0.4 is 5.32 Å². The number of hydrogen-bond acceptors (Lipinski definition) is 3. The van der Waals surface area contributed by atoms with Gasteiger partial charge >= 0.3 is 0 Å². The number of nitrogens with one attached hydrogen (secondary N) is 1. The lowest BCUT2D eigenvalue weighted by molar-refractivity contribution is -0.132. The maximum atomic E-state index is 12.1. The lowest BCUT2D eigenvalue weighted by Crippen LogP contribution is -2.44. The van der Waals surface area contributed by atoms with Gasteiger partial charge in [0.15, 0.2) is 0 Å². The molecule has 0 bridgehead atoms. The number of carbonyl (C=O) groups is 1. The minimum Gasteiger partial charge on any atom is -0.381 e. The molecule has 1 aliphatic rings. The van der Waals surface area contributed by atoms with E-state index in [4.69, 9.17) is 4.74 Å². The van der Waals surface area contributed by atoms with E-state index in [0.29, 0.717) is 32.6 Å². The Bertz CT molecular complexity index is 304. The van der Waals surface area contributed by atoms with Crippen LogP contribution in [0.2, 0.25) is 0 Å². The summed E-state index contributed by atoms with van der Waals surface area (Å²) in [7, 11) is 0. The van der Waals surface area contributed by atoms with E-state index in [-0.39, 0.29) is 5.91 Å². The van der Waals surface area contributed by atoms with E-state index in [9.17, 15) is 10.1 Å². The molecule has 1 N–H and O–H groups in total. The molecule has 0 aromatic rings. The molecule has 0 aromatic carbocycles. The van der Waals surface area contributed by atoms with Gasteiger partial charge < -0.3 is 10.1 Å². The van der Waals surface area contributed by atoms with Crippen LogP contribution in [0.3, 0.4) is 0 Å². The quantitative estimate of drug-likeness (QED) is 0.687. The molecule has 0 aliphatic carbocycles. The second-order valence-electron chi connectivity index (χ2n) is 5.33. The number of carbonyl (C=O) groups excluding carboxylic acids is 1. The average Bonchev–Trinajstić information content (AvgIpc) is 2.46. The molecule has 1 heterocycles. The first-order chi connectivity index (χ1) is 9.25. The highest BCUT2D eigenvalue weighted by Crippen LogP contribution is 2.29. The molecule has 0 atom stereocenters. The number of nitrogens with zero attached hydrogens (tertiary/aromatic N) is 1. The third-order valence-corrected chi connectivity index (χ3v) is 3.81. The predicted octanol–water partition coefficient (Wildman–Crippen LogP) is 2.78. The first-order valence-electron chi connectivity index (χ1n) is 7.52. The fraction of sp³-hybridized carbons (Fsp3) is 0.867. The van der Waals surface area contributed by atoms with Crippen molar-refractivity contribution >= 4 is 5.91 Å². The van der Waals surface area contributed by atoms with Gasteiger partial charge in [0.05, 0.1) is 6.07 Å². The van der Waals surface area contributed by atoms with Gasteiger partial charge in [-0.25, -0.2) is 0 Å². The van der Waals surface area contributed by atoms with Crippen molar-refractivity contribution in [3.63, 3.8) is 0 Å². The molecule has 4 nitrogen and oxygen atoms in total. The summed E-state index contributed by atoms with van der Waals surface area (Å²) in [6.45, 7) is 3.92. The summed E-state index contributed by atoms with van der Waals surface area (Å²) in [5, 5.41) is 12.2. The Hall–Kier alpha value is -1.08. The first kappa shape index (κ1) is 16.0. The maximum Gasteiger partial charge on any atom is 0.240 e. The van der Waals surface area contributed by atoms with Gasteiger partial charge in [-0.05, 0) is 19.3 Å². The predicted molar refractivity (Wildman–Crippen MR) is 74.5 cm³/mol. The summed E-state index contributed by atoms with van der Waals surface area (Å²) in [5.74, 6) is -0.105. The number of rotatable bonds is 8. The normalized spacial score (nSPS) is 17.7. The highest BCUT2D eigenvalue weighted by atomic mass is 16.5. The lowest BCUT2D eigenvalue weighted by Gasteiger charge is -2.29. The minimum atomic E-state index is -0.847. The van der Waals surface area contributed by atoms with Crippen molar-refractivity contribution in [2.24, 2.45) is 5.41 Å². The SMILES string of the molecule is CCCCCCCCNC(=O)C1(C#N)CCOCC1. The van der Waals surface area contributed by atoms with Crippen LogP contribution in [0.5, 0.6) is 0 Å². The van der Waals surface area contributed by atoms with Gasteiger partial charge in [-0.2, -0.15) is 5.26 Å². The van der Waals surface area contributed by atoms with Crippen molar-refractivity contribution in [1.29, 1.82) is 5.26 Å². The summed E-state index contributed by atoms with van der Waals surface area (Å²) in [6, 6.07) is 2.19. The second kappa shape index (κ2) is 8.92. The number of amides is 1. The van der Waals surface area contributed by atoms with E-state index >= 15 is 0 Å². The number of hydrogen-bond donors (Lipinski definition) is 1. The highest BCUT2D eigenvalue weighted by Gasteiger charge is 2.40. The van der Waals surface area contributed by atoms with Gasteiger partial charge in [-0.3, -0.25) is 4.79 Å². The van der Waals surface area contributed by atoms with Crippen molar-refractivity contribution in [3.05, 3.63) is 0 Å². The summed E-state index contributed by atoms with van der Waals surface area (Å²) >= 11 is 0. The molecule has 4 heteroatoms. The molecule has 108 valence electrons. The largest absolute Gasteiger partial charge is 0.381 e. The smallest absolute Gasteiger partial charge is 0.240 e. The molecule has 0 unspecified atom stereocenters. The Morgan fingerprint density at radius 3 is 2.47 bits per heavy atom. The van der Waals surface area contributed by atoms with Crippen molar-refractivity contribution in [2.45, 2.75) is 58.3 Å². The van der Waals surface area contributed by atoms with Gasteiger partial charge in [0.2, 0.25) is 5.91 Å². The molecular weight excluding hydrogens is 240 g/mol. The Morgan fingerprint density at radius 1 is 1.21 bits per heavy atom. The van der Waals surface area contributed by atoms with E-state index < -0.39 is 5.41 Å². The monoisotopic (exact) mass is 266 g/mol. The van der Waals surface area contributed by atoms with Gasteiger partial charge in [0.1, 0.15) is 5.41 Å². The van der Waals surface area contributed by atoms with Gasteiger partial charge in [-0.15, -0.1) is 0 Å². The van der Waals surface area contributed by atoms with Crippen molar-refractivity contribution in [1.82, 2.24) is 5.32 Å². The fourth-order valence-electron chi connectivity index (χ4n) is 2.39. The maximum absolute atomic E-state index is 12.1. The van der Waals surface area contributed by atoms with Crippen molar-refractivity contribution in [2.75, 3.05) is 19.8 Å². The molecule has 19 heavy (non-hydrogen) atoms. The third-order valence-electron chi connectivity index (χ3n) is 3.81. The Morgan fingerprint density at radius 2 is 1.84 bits per heavy atom. The number of nitriles is 1. The molecule has 1 fully saturated rings. The summed E-state index contributed by atoms with van der Waals surface area (Å²) < 4.78 is 5.23. The Kier molecular flexibility index (Phi) is 7.50. The standard InChI is InChI=1S/C15H26N2O2/c1-2-3-4-5-6-7-10-17-14(18)15(13-16)8-11-19-12-9-15/h2-12H2,1H3,(H,17,18). The van der Waals surface area contributed by atoms with Crippen LogP contribution in [0.1, 0.15) is 58.3 Å². The minimum absolute atomic E-state index is 0.105. The van der Waals surface area contributed by atoms with E-state index in [1.165, 1.54) is 25.7 Å². The summed E-state index contributed by atoms with van der Waals surface area (Å²) in [4.78, 5) is 12.1. The van der Waals surface area contributed by atoms with Crippen LogP contribution in [0.15, 0.2) is 0 Å². The molecule has 0 spiro atoms. The molecule has 0 aromatic heterocycles. The van der Waals surface area contributed by atoms with Crippen LogP contribution in [0, 0.1) is 16.7 Å². The van der Waals surface area contributed by atoms with E-state index in [0.717, 1.165) is 12.8 Å². The zero-order valence-electron chi connectivity index (χ0n) is 12.0. The summed E-state index contributed by atoms with van der Waals surface area (Å²) in [6.07, 6.45) is 8.27. The summed E-state index contributed by atoms with van der Waals surface area (Å²) in [5.41, 5.74) is -0.847. The molecule has 1 rings (SSSR count). The fourth-order valence-corrected chi connectivity index (χ4v) is 2.39. The Balaban J connectivity index is 2.17. The Labute approximate surface area is 116 Å². The molecule has 0 saturated carbocycles. The highest BCUT2D eigenvalue weighted by molar-refractivity contribution is 5.85. The van der Waals surface area contributed by atoms with E-state index in [1.54, 1.807) is 0 Å². The van der Waals surface area contributed by atoms with Crippen LogP contribution in [-0.4, -0.2) is 25.7 Å². The first-order valence-corrected chi connectivity index (χ1v) is 7.52. The number of unbranched alkanes of at least 4 members (excludes halogenated alkanes) is 5. The van der Waals surface area contributed by atoms with Gasteiger partial charge in [0.25, 0.3) is 0 Å². The molecule has 1 saturated heterocycles. The van der Waals surface area contributed by atoms with Crippen LogP contribution in [0.25, 0.3) is 0 Å². The van der Waals surface area contributed by atoms with Gasteiger partial charge in [0, 0.05) is 19.8 Å². The average molecular weight is 266 g/mol. The number of ether oxygens (including phenoxy) is 1. The molecule has 1 amide bonds. The lowest BCUT2D eigenvalue weighted by atomic mass is 9.81. The van der Waals surface area contributed by atoms with Crippen LogP contribution in [-0.2, 0) is 9.53 Å². The third kappa shape index (κ3) is 5.20. The molecule has 0 radical (unpaired) electrons. The van der Waals surface area contributed by atoms with Crippen LogP contribution in [0.4, 0.5) is 0 Å². The zero-order valence-corrected chi connectivity index (χ0v) is 12.0. The van der Waals surface area contributed by atoms with Crippen LogP contribution >= 0.6 is 0 Å². The zero-order chi connectivity index (χ0) is 14.0. The van der Waals surface area contributed by atoms with Crippen molar-refractivity contribution < 1.29 is 9.53 Å². The van der Waals surface area contributed by atoms with E-state index in [1.807, 2.05) is 0 Å². The molecular formula is C15H26N2O2.